The lowest BCUT2D eigenvalue weighted by Gasteiger charge is -2.26. The van der Waals surface area contributed by atoms with Gasteiger partial charge in [0.2, 0.25) is 0 Å². The Kier molecular flexibility index (Phi) is 54.7. The number of esters is 2. The second-order valence-electron chi connectivity index (χ2n) is 23.1. The molecule has 0 aromatic rings. The van der Waals surface area contributed by atoms with Crippen LogP contribution in [0, 0.1) is 0 Å². The van der Waals surface area contributed by atoms with E-state index in [2.05, 4.69) is 26.0 Å². The molecule has 0 amide bonds. The van der Waals surface area contributed by atoms with Crippen LogP contribution >= 0.6 is 0 Å². The van der Waals surface area contributed by atoms with Gasteiger partial charge in [-0.2, -0.15) is 0 Å². The van der Waals surface area contributed by atoms with Crippen LogP contribution in [0.4, 0.5) is 0 Å². The number of hydrogen-bond acceptors (Lipinski definition) is 8. The molecule has 2 unspecified atom stereocenters. The molecule has 0 aromatic carbocycles. The number of aliphatic carboxylic acids is 1. The summed E-state index contributed by atoms with van der Waals surface area (Å²) >= 11 is 0. The van der Waals surface area contributed by atoms with Gasteiger partial charge in [0.15, 0.2) is 12.4 Å². The number of ether oxygens (including phenoxy) is 4. The van der Waals surface area contributed by atoms with Crippen LogP contribution in [-0.2, 0) is 33.3 Å². The molecule has 0 radical (unpaired) electrons. The first-order chi connectivity index (χ1) is 35.6. The molecule has 0 heterocycles. The first-order valence-electron chi connectivity index (χ1n) is 31.8. The van der Waals surface area contributed by atoms with E-state index in [-0.39, 0.29) is 32.2 Å². The van der Waals surface area contributed by atoms with Gasteiger partial charge in [0.1, 0.15) is 13.2 Å². The zero-order chi connectivity index (χ0) is 53.4. The first kappa shape index (κ1) is 71.0. The molecule has 0 saturated heterocycles. The number of nitrogens with zero attached hydrogens (tertiary/aromatic N) is 1. The van der Waals surface area contributed by atoms with Crippen LogP contribution in [0.15, 0.2) is 12.2 Å². The summed E-state index contributed by atoms with van der Waals surface area (Å²) < 4.78 is 22.8. The van der Waals surface area contributed by atoms with E-state index in [1.54, 1.807) is 0 Å². The molecule has 0 aliphatic heterocycles. The van der Waals surface area contributed by atoms with E-state index < -0.39 is 24.3 Å². The lowest BCUT2D eigenvalue weighted by atomic mass is 10.0. The number of carboxylic acids is 1. The van der Waals surface area contributed by atoms with Gasteiger partial charge < -0.3 is 33.3 Å². The van der Waals surface area contributed by atoms with Gasteiger partial charge in [0.25, 0.3) is 0 Å². The second-order valence-corrected chi connectivity index (χ2v) is 23.1. The van der Waals surface area contributed by atoms with E-state index in [1.807, 2.05) is 21.1 Å². The Labute approximate surface area is 453 Å². The van der Waals surface area contributed by atoms with Crippen molar-refractivity contribution < 1.29 is 42.9 Å². The minimum absolute atomic E-state index is 0.152. The fourth-order valence-electron chi connectivity index (χ4n) is 9.59. The smallest absolute Gasteiger partial charge is 0.306 e. The maximum absolute atomic E-state index is 12.9. The lowest BCUT2D eigenvalue weighted by Crippen LogP contribution is -2.44. The molecule has 0 aliphatic rings. The molecule has 0 N–H and O–H groups in total. The fourth-order valence-corrected chi connectivity index (χ4v) is 9.59. The first-order valence-corrected chi connectivity index (χ1v) is 31.8. The standard InChI is InChI=1S/C64H123NO8/c1-6-8-10-12-14-16-18-20-22-24-26-27-28-29-30-31-32-33-34-35-37-39-41-43-45-47-49-51-53-55-62(67)73-60(59-72-64(63(68)69)70-57-56-65(3,4)5)58-71-61(66)54-52-50-48-46-44-42-40-38-36-25-23-21-19-17-15-13-11-9-7-2/h24,26,60,64H,6-23,25,27-59H2,1-5H3/b26-24-. The van der Waals surface area contributed by atoms with E-state index in [4.69, 9.17) is 18.9 Å². The van der Waals surface area contributed by atoms with Gasteiger partial charge in [-0.15, -0.1) is 0 Å². The average molecular weight is 1030 g/mol. The van der Waals surface area contributed by atoms with E-state index in [9.17, 15) is 19.5 Å². The summed E-state index contributed by atoms with van der Waals surface area (Å²) in [7, 11) is 5.94. The number of quaternary nitrogens is 1. The highest BCUT2D eigenvalue weighted by atomic mass is 16.7. The van der Waals surface area contributed by atoms with Crippen molar-refractivity contribution in [3.63, 3.8) is 0 Å². The van der Waals surface area contributed by atoms with E-state index in [0.29, 0.717) is 17.4 Å². The summed E-state index contributed by atoms with van der Waals surface area (Å²) in [5.74, 6) is -2.25. The number of carboxylic acid groups (broad SMARTS) is 1. The zero-order valence-electron chi connectivity index (χ0n) is 49.3. The Balaban J connectivity index is 4.10. The maximum atomic E-state index is 12.9. The van der Waals surface area contributed by atoms with Gasteiger partial charge in [-0.3, -0.25) is 9.59 Å². The van der Waals surface area contributed by atoms with Crippen LogP contribution < -0.4 is 5.11 Å². The predicted molar refractivity (Wildman–Crippen MR) is 307 cm³/mol. The minimum Gasteiger partial charge on any atom is -0.545 e. The second kappa shape index (κ2) is 56.2. The summed E-state index contributed by atoms with van der Waals surface area (Å²) in [6.45, 7) is 4.82. The van der Waals surface area contributed by atoms with Gasteiger partial charge in [0, 0.05) is 12.8 Å². The molecule has 0 bridgehead atoms. The van der Waals surface area contributed by atoms with Gasteiger partial charge in [-0.05, 0) is 38.5 Å². The van der Waals surface area contributed by atoms with Crippen LogP contribution in [0.3, 0.4) is 0 Å². The number of carbonyl (C=O) groups excluding carboxylic acids is 3. The third kappa shape index (κ3) is 57.6. The molecule has 0 fully saturated rings. The Bertz CT molecular complexity index is 1200. The topological polar surface area (TPSA) is 111 Å². The Morgan fingerprint density at radius 3 is 1.01 bits per heavy atom. The molecule has 0 aliphatic carbocycles. The summed E-state index contributed by atoms with van der Waals surface area (Å²) in [6, 6.07) is 0. The maximum Gasteiger partial charge on any atom is 0.306 e. The summed E-state index contributed by atoms with van der Waals surface area (Å²) in [4.78, 5) is 37.4. The Morgan fingerprint density at radius 1 is 0.397 bits per heavy atom. The van der Waals surface area contributed by atoms with Crippen molar-refractivity contribution in [3.8, 4) is 0 Å². The summed E-state index contributed by atoms with van der Waals surface area (Å²) in [6.07, 6.45) is 62.8. The van der Waals surface area contributed by atoms with E-state index in [0.717, 1.165) is 38.5 Å². The fraction of sp³-hybridized carbons (Fsp3) is 0.922. The monoisotopic (exact) mass is 1030 g/mol. The summed E-state index contributed by atoms with van der Waals surface area (Å²) in [5, 5.41) is 11.8. The number of hydrogen-bond donors (Lipinski definition) is 0. The van der Waals surface area contributed by atoms with Gasteiger partial charge in [-0.25, -0.2) is 0 Å². The van der Waals surface area contributed by atoms with Gasteiger partial charge in [-0.1, -0.05) is 283 Å². The molecule has 0 spiro atoms. The zero-order valence-corrected chi connectivity index (χ0v) is 49.3. The van der Waals surface area contributed by atoms with Crippen molar-refractivity contribution in [2.75, 3.05) is 47.5 Å². The van der Waals surface area contributed by atoms with E-state index in [1.165, 1.54) is 257 Å². The summed E-state index contributed by atoms with van der Waals surface area (Å²) in [5.41, 5.74) is 0. The molecular formula is C64H123NO8. The Hall–Kier alpha value is -1.97. The quantitative estimate of drug-likeness (QED) is 0.0195. The number of carbonyl (C=O) groups is 3. The molecule has 9 heteroatoms. The molecule has 0 aromatic heterocycles. The van der Waals surface area contributed by atoms with Crippen LogP contribution in [-0.4, -0.2) is 82.3 Å². The van der Waals surface area contributed by atoms with Crippen LogP contribution in [0.2, 0.25) is 0 Å². The average Bonchev–Trinajstić information content (AvgIpc) is 3.36. The third-order valence-corrected chi connectivity index (χ3v) is 14.5. The molecule has 0 saturated carbocycles. The number of unbranched alkanes of at least 4 members (excludes halogenated alkanes) is 43. The largest absolute Gasteiger partial charge is 0.545 e. The third-order valence-electron chi connectivity index (χ3n) is 14.5. The van der Waals surface area contributed by atoms with Crippen molar-refractivity contribution in [2.45, 2.75) is 334 Å². The van der Waals surface area contributed by atoms with E-state index >= 15 is 0 Å². The lowest BCUT2D eigenvalue weighted by molar-refractivity contribution is -0.870. The van der Waals surface area contributed by atoms with Crippen molar-refractivity contribution in [2.24, 2.45) is 0 Å². The van der Waals surface area contributed by atoms with Crippen LogP contribution in [0.1, 0.15) is 322 Å². The molecule has 73 heavy (non-hydrogen) atoms. The predicted octanol–water partition coefficient (Wildman–Crippen LogP) is 17.6. The molecule has 0 rings (SSSR count). The Morgan fingerprint density at radius 2 is 0.699 bits per heavy atom. The minimum atomic E-state index is -1.62. The highest BCUT2D eigenvalue weighted by molar-refractivity contribution is 5.70. The molecule has 432 valence electrons. The normalized spacial score (nSPS) is 12.7. The number of likely N-dealkylation sites (N-methyl/N-ethyl adjacent to an activating group) is 1. The van der Waals surface area contributed by atoms with Gasteiger partial charge in [0.05, 0.1) is 40.3 Å². The number of rotatable bonds is 60. The van der Waals surface area contributed by atoms with Crippen molar-refractivity contribution in [3.05, 3.63) is 12.2 Å². The van der Waals surface area contributed by atoms with Crippen LogP contribution in [0.5, 0.6) is 0 Å². The van der Waals surface area contributed by atoms with Crippen molar-refractivity contribution >= 4 is 17.9 Å². The highest BCUT2D eigenvalue weighted by Gasteiger charge is 2.22. The SMILES string of the molecule is CCCCCCCCCC/C=C\CCCCCCCCCCCCCCCCCCCC(=O)OC(COC(=O)CCCCCCCCCCCCCCCCCCCCC)COC(OCC[N+](C)(C)C)C(=O)[O-]. The molecular weight excluding hydrogens is 911 g/mol. The molecule has 2 atom stereocenters. The van der Waals surface area contributed by atoms with Crippen molar-refractivity contribution in [1.82, 2.24) is 0 Å². The van der Waals surface area contributed by atoms with Crippen molar-refractivity contribution in [1.29, 1.82) is 0 Å². The highest BCUT2D eigenvalue weighted by Crippen LogP contribution is 2.18. The number of allylic oxidation sites excluding steroid dienone is 2. The van der Waals surface area contributed by atoms with Gasteiger partial charge >= 0.3 is 11.9 Å². The molecule has 9 nitrogen and oxygen atoms in total. The van der Waals surface area contributed by atoms with Crippen LogP contribution in [0.25, 0.3) is 0 Å².